The molecule has 4 heteroatoms. The van der Waals surface area contributed by atoms with E-state index in [9.17, 15) is 17.6 Å². The van der Waals surface area contributed by atoms with Gasteiger partial charge >= 0.3 is 6.18 Å². The highest BCUT2D eigenvalue weighted by Crippen LogP contribution is 2.30. The minimum absolute atomic E-state index is 0.648. The second kappa shape index (κ2) is 2.53. The summed E-state index contributed by atoms with van der Waals surface area (Å²) < 4.78 is 47.7. The molecule has 0 amide bonds. The maximum atomic E-state index is 12.3. The Balaban J connectivity index is 3.14. The number of rotatable bonds is 0. The second-order valence-electron chi connectivity index (χ2n) is 1.90. The molecule has 0 spiro atoms. The third-order valence-corrected chi connectivity index (χ3v) is 1.12. The standard InChI is InChI=1S/C7H3F4/c8-6-4-2-1-3-5(6)7(9,10)11/h1,3-4H. The van der Waals surface area contributed by atoms with Crippen molar-refractivity contribution in [3.8, 4) is 0 Å². The van der Waals surface area contributed by atoms with Crippen molar-refractivity contribution in [3.63, 3.8) is 0 Å². The van der Waals surface area contributed by atoms with Gasteiger partial charge in [0.15, 0.2) is 0 Å². The lowest BCUT2D eigenvalue weighted by Gasteiger charge is -2.05. The van der Waals surface area contributed by atoms with Gasteiger partial charge in [-0.05, 0) is 18.2 Å². The molecule has 0 aliphatic rings. The Bertz CT molecular complexity index is 251. The van der Waals surface area contributed by atoms with Crippen molar-refractivity contribution in [3.05, 3.63) is 35.6 Å². The Morgan fingerprint density at radius 3 is 2.27 bits per heavy atom. The normalized spacial score (nSPS) is 11.6. The van der Waals surface area contributed by atoms with Crippen molar-refractivity contribution in [2.24, 2.45) is 0 Å². The molecule has 0 atom stereocenters. The topological polar surface area (TPSA) is 0 Å². The molecule has 0 saturated heterocycles. The Morgan fingerprint density at radius 1 is 1.27 bits per heavy atom. The van der Waals surface area contributed by atoms with Crippen LogP contribution >= 0.6 is 0 Å². The largest absolute Gasteiger partial charge is 0.419 e. The van der Waals surface area contributed by atoms with Crippen molar-refractivity contribution in [1.29, 1.82) is 0 Å². The maximum absolute atomic E-state index is 12.3. The van der Waals surface area contributed by atoms with E-state index in [4.69, 9.17) is 0 Å². The molecule has 0 heterocycles. The van der Waals surface area contributed by atoms with Crippen LogP contribution in [0.15, 0.2) is 18.2 Å². The van der Waals surface area contributed by atoms with Gasteiger partial charge < -0.3 is 0 Å². The zero-order chi connectivity index (χ0) is 8.48. The second-order valence-corrected chi connectivity index (χ2v) is 1.90. The molecule has 0 unspecified atom stereocenters. The van der Waals surface area contributed by atoms with Crippen molar-refractivity contribution >= 4 is 0 Å². The summed E-state index contributed by atoms with van der Waals surface area (Å²) in [5.74, 6) is -1.29. The van der Waals surface area contributed by atoms with Crippen LogP contribution in [0.2, 0.25) is 0 Å². The molecule has 11 heavy (non-hydrogen) atoms. The maximum Gasteiger partial charge on any atom is 0.419 e. The summed E-state index contributed by atoms with van der Waals surface area (Å²) in [5.41, 5.74) is -1.25. The Morgan fingerprint density at radius 2 is 1.91 bits per heavy atom. The SMILES string of the molecule is Fc1c[c]ccc1C(F)(F)F. The van der Waals surface area contributed by atoms with Crippen LogP contribution in [0, 0.1) is 11.9 Å². The molecule has 59 valence electrons. The molecular weight excluding hydrogens is 160 g/mol. The monoisotopic (exact) mass is 163 g/mol. The van der Waals surface area contributed by atoms with Gasteiger partial charge in [0.1, 0.15) is 5.82 Å². The van der Waals surface area contributed by atoms with Crippen LogP contribution in [0.5, 0.6) is 0 Å². The lowest BCUT2D eigenvalue weighted by atomic mass is 10.2. The van der Waals surface area contributed by atoms with Gasteiger partial charge in [-0.3, -0.25) is 0 Å². The van der Waals surface area contributed by atoms with Gasteiger partial charge in [-0.15, -0.1) is 0 Å². The van der Waals surface area contributed by atoms with Gasteiger partial charge in [0.25, 0.3) is 0 Å². The third-order valence-electron chi connectivity index (χ3n) is 1.12. The van der Waals surface area contributed by atoms with Crippen molar-refractivity contribution < 1.29 is 17.6 Å². The highest BCUT2D eigenvalue weighted by molar-refractivity contribution is 5.19. The van der Waals surface area contributed by atoms with Crippen LogP contribution < -0.4 is 0 Å². The summed E-state index contributed by atoms with van der Waals surface area (Å²) in [5, 5.41) is 0. The quantitative estimate of drug-likeness (QED) is 0.515. The fourth-order valence-electron chi connectivity index (χ4n) is 0.640. The molecule has 0 saturated carbocycles. The van der Waals surface area contributed by atoms with E-state index in [0.29, 0.717) is 12.1 Å². The van der Waals surface area contributed by atoms with E-state index in [0.717, 1.165) is 6.07 Å². The molecule has 0 aliphatic carbocycles. The van der Waals surface area contributed by atoms with Gasteiger partial charge in [-0.1, -0.05) is 6.07 Å². The van der Waals surface area contributed by atoms with Crippen LogP contribution in [-0.2, 0) is 6.18 Å². The first kappa shape index (κ1) is 8.04. The van der Waals surface area contributed by atoms with Gasteiger partial charge in [-0.2, -0.15) is 13.2 Å². The molecule has 1 rings (SSSR count). The average Bonchev–Trinajstić information content (AvgIpc) is 1.86. The van der Waals surface area contributed by atoms with E-state index >= 15 is 0 Å². The summed E-state index contributed by atoms with van der Waals surface area (Å²) in [7, 11) is 0. The molecule has 0 bridgehead atoms. The van der Waals surface area contributed by atoms with Gasteiger partial charge in [0.05, 0.1) is 5.56 Å². The molecule has 0 aliphatic heterocycles. The number of halogens is 4. The van der Waals surface area contributed by atoms with E-state index < -0.39 is 17.6 Å². The van der Waals surface area contributed by atoms with Crippen LogP contribution in [0.4, 0.5) is 17.6 Å². The first-order valence-electron chi connectivity index (χ1n) is 2.74. The Kier molecular flexibility index (Phi) is 1.85. The van der Waals surface area contributed by atoms with Gasteiger partial charge in [-0.25, -0.2) is 4.39 Å². The Hall–Kier alpha value is -1.06. The Labute approximate surface area is 60.5 Å². The minimum Gasteiger partial charge on any atom is -0.206 e. The summed E-state index contributed by atoms with van der Waals surface area (Å²) >= 11 is 0. The highest BCUT2D eigenvalue weighted by atomic mass is 19.4. The first-order chi connectivity index (χ1) is 5.02. The molecule has 1 aromatic carbocycles. The fourth-order valence-corrected chi connectivity index (χ4v) is 0.640. The minimum atomic E-state index is -4.61. The van der Waals surface area contributed by atoms with E-state index in [1.54, 1.807) is 0 Å². The van der Waals surface area contributed by atoms with Crippen LogP contribution in [-0.4, -0.2) is 0 Å². The zero-order valence-corrected chi connectivity index (χ0v) is 5.24. The van der Waals surface area contributed by atoms with Gasteiger partial charge in [0.2, 0.25) is 0 Å². The lowest BCUT2D eigenvalue weighted by Crippen LogP contribution is -2.07. The predicted octanol–water partition coefficient (Wildman–Crippen LogP) is 2.64. The highest BCUT2D eigenvalue weighted by Gasteiger charge is 2.33. The predicted molar refractivity (Wildman–Crippen MR) is 30.2 cm³/mol. The molecule has 0 N–H and O–H groups in total. The lowest BCUT2D eigenvalue weighted by molar-refractivity contribution is -0.140. The molecule has 0 aromatic heterocycles. The molecule has 1 aromatic rings. The first-order valence-corrected chi connectivity index (χ1v) is 2.74. The summed E-state index contributed by atoms with van der Waals surface area (Å²) in [6.07, 6.45) is -4.61. The average molecular weight is 163 g/mol. The third kappa shape index (κ3) is 1.69. The summed E-state index contributed by atoms with van der Waals surface area (Å²) in [4.78, 5) is 0. The number of benzene rings is 1. The molecular formula is C7H3F4. The number of alkyl halides is 3. The summed E-state index contributed by atoms with van der Waals surface area (Å²) in [6, 6.07) is 4.52. The molecule has 0 fully saturated rings. The van der Waals surface area contributed by atoms with E-state index in [-0.39, 0.29) is 0 Å². The number of hydrogen-bond acceptors (Lipinski definition) is 0. The molecule has 1 radical (unpaired) electrons. The van der Waals surface area contributed by atoms with Crippen LogP contribution in [0.1, 0.15) is 5.56 Å². The fraction of sp³-hybridized carbons (Fsp3) is 0.143. The summed E-state index contributed by atoms with van der Waals surface area (Å²) in [6.45, 7) is 0. The van der Waals surface area contributed by atoms with E-state index in [2.05, 4.69) is 6.07 Å². The van der Waals surface area contributed by atoms with Crippen molar-refractivity contribution in [2.75, 3.05) is 0 Å². The van der Waals surface area contributed by atoms with Crippen LogP contribution in [0.3, 0.4) is 0 Å². The van der Waals surface area contributed by atoms with Crippen molar-refractivity contribution in [1.82, 2.24) is 0 Å². The van der Waals surface area contributed by atoms with Crippen molar-refractivity contribution in [2.45, 2.75) is 6.18 Å². The van der Waals surface area contributed by atoms with E-state index in [1.807, 2.05) is 0 Å². The molecule has 0 nitrogen and oxygen atoms in total. The van der Waals surface area contributed by atoms with E-state index in [1.165, 1.54) is 0 Å². The van der Waals surface area contributed by atoms with Crippen LogP contribution in [0.25, 0.3) is 0 Å². The number of hydrogen-bond donors (Lipinski definition) is 0. The van der Waals surface area contributed by atoms with Gasteiger partial charge in [0, 0.05) is 0 Å². The smallest absolute Gasteiger partial charge is 0.206 e. The zero-order valence-electron chi connectivity index (χ0n) is 5.24.